The van der Waals surface area contributed by atoms with Crippen LogP contribution in [-0.4, -0.2) is 15.0 Å². The Kier molecular flexibility index (Phi) is 6.14. The van der Waals surface area contributed by atoms with Gasteiger partial charge in [-0.2, -0.15) is 0 Å². The smallest absolute Gasteiger partial charge is 0.160 e. The molecule has 0 N–H and O–H groups in total. The van der Waals surface area contributed by atoms with Gasteiger partial charge in [-0.25, -0.2) is 9.97 Å². The van der Waals surface area contributed by atoms with Crippen molar-refractivity contribution in [1.29, 1.82) is 0 Å². The van der Waals surface area contributed by atoms with Crippen LogP contribution in [0.1, 0.15) is 0 Å². The van der Waals surface area contributed by atoms with Gasteiger partial charge >= 0.3 is 0 Å². The van der Waals surface area contributed by atoms with Crippen LogP contribution in [0.2, 0.25) is 0 Å². The second-order valence-electron chi connectivity index (χ2n) is 11.7. The van der Waals surface area contributed by atoms with Crippen molar-refractivity contribution in [3.8, 4) is 44.9 Å². The first-order valence-electron chi connectivity index (χ1n) is 15.5. The number of hydrogen-bond donors (Lipinski definition) is 0. The second kappa shape index (κ2) is 10.8. The van der Waals surface area contributed by atoms with Crippen LogP contribution < -0.4 is 0 Å². The Morgan fingerprint density at radius 1 is 0.304 bits per heavy atom. The third-order valence-electron chi connectivity index (χ3n) is 8.95. The predicted octanol–water partition coefficient (Wildman–Crippen LogP) is 11.2. The number of benzene rings is 7. The summed E-state index contributed by atoms with van der Waals surface area (Å²) in [5.41, 5.74) is 8.49. The fourth-order valence-electron chi connectivity index (χ4n) is 6.74. The zero-order chi connectivity index (χ0) is 30.5. The zero-order valence-corrected chi connectivity index (χ0v) is 24.9. The Bertz CT molecular complexity index is 2550. The summed E-state index contributed by atoms with van der Waals surface area (Å²) in [6.45, 7) is 0. The van der Waals surface area contributed by atoms with E-state index in [9.17, 15) is 0 Å². The molecule has 0 aliphatic heterocycles. The van der Waals surface area contributed by atoms with Gasteiger partial charge in [0.1, 0.15) is 0 Å². The molecule has 3 nitrogen and oxygen atoms in total. The van der Waals surface area contributed by atoms with Crippen molar-refractivity contribution < 1.29 is 0 Å². The highest BCUT2D eigenvalue weighted by molar-refractivity contribution is 6.25. The summed E-state index contributed by atoms with van der Waals surface area (Å²) in [4.78, 5) is 14.3. The summed E-state index contributed by atoms with van der Waals surface area (Å²) in [6, 6.07) is 53.9. The summed E-state index contributed by atoms with van der Waals surface area (Å²) in [5.74, 6) is 0.706. The van der Waals surface area contributed by atoms with Crippen LogP contribution in [0.5, 0.6) is 0 Å². The lowest BCUT2D eigenvalue weighted by atomic mass is 9.91. The predicted molar refractivity (Wildman–Crippen MR) is 192 cm³/mol. The first-order valence-corrected chi connectivity index (χ1v) is 15.5. The van der Waals surface area contributed by atoms with E-state index in [1.807, 2.05) is 30.3 Å². The number of nitrogens with zero attached hydrogens (tertiary/aromatic N) is 3. The Labute approximate surface area is 266 Å². The fourth-order valence-corrected chi connectivity index (χ4v) is 6.74. The van der Waals surface area contributed by atoms with Gasteiger partial charge in [-0.3, -0.25) is 4.98 Å². The summed E-state index contributed by atoms with van der Waals surface area (Å²) < 4.78 is 0. The van der Waals surface area contributed by atoms with Crippen LogP contribution in [0, 0.1) is 0 Å². The summed E-state index contributed by atoms with van der Waals surface area (Å²) in [6.07, 6.45) is 3.61. The van der Waals surface area contributed by atoms with E-state index in [2.05, 4.69) is 126 Å². The molecule has 9 aromatic rings. The molecule has 46 heavy (non-hydrogen) atoms. The Morgan fingerprint density at radius 3 is 1.46 bits per heavy atom. The number of para-hydroxylation sites is 1. The van der Waals surface area contributed by atoms with Crippen LogP contribution in [0.3, 0.4) is 0 Å². The summed E-state index contributed by atoms with van der Waals surface area (Å²) in [5, 5.41) is 8.73. The van der Waals surface area contributed by atoms with E-state index in [0.717, 1.165) is 38.9 Å². The minimum absolute atomic E-state index is 0.706. The van der Waals surface area contributed by atoms with E-state index in [1.165, 1.54) is 43.4 Å². The molecule has 0 bridgehead atoms. The summed E-state index contributed by atoms with van der Waals surface area (Å²) >= 11 is 0. The van der Waals surface area contributed by atoms with Crippen molar-refractivity contribution in [3.05, 3.63) is 164 Å². The average Bonchev–Trinajstić information content (AvgIpc) is 3.15. The first-order chi connectivity index (χ1) is 22.8. The van der Waals surface area contributed by atoms with E-state index in [-0.39, 0.29) is 0 Å². The molecule has 9 rings (SSSR count). The van der Waals surface area contributed by atoms with Gasteiger partial charge in [-0.15, -0.1) is 0 Å². The maximum absolute atomic E-state index is 5.08. The Balaban J connectivity index is 1.15. The van der Waals surface area contributed by atoms with Gasteiger partial charge in [0.05, 0.1) is 11.2 Å². The van der Waals surface area contributed by atoms with Crippen molar-refractivity contribution in [1.82, 2.24) is 15.0 Å². The van der Waals surface area contributed by atoms with Crippen molar-refractivity contribution in [2.24, 2.45) is 0 Å². The number of rotatable bonds is 4. The third-order valence-corrected chi connectivity index (χ3v) is 8.95. The van der Waals surface area contributed by atoms with Crippen molar-refractivity contribution in [3.63, 3.8) is 0 Å². The van der Waals surface area contributed by atoms with Gasteiger partial charge in [0.15, 0.2) is 5.82 Å². The molecule has 0 aliphatic carbocycles. The molecule has 0 fully saturated rings. The van der Waals surface area contributed by atoms with E-state index in [4.69, 9.17) is 9.97 Å². The second-order valence-corrected chi connectivity index (χ2v) is 11.7. The molecule has 0 unspecified atom stereocenters. The largest absolute Gasteiger partial charge is 0.265 e. The lowest BCUT2D eigenvalue weighted by Gasteiger charge is -2.13. The molecule has 2 aromatic heterocycles. The highest BCUT2D eigenvalue weighted by Gasteiger charge is 2.13. The average molecular weight is 586 g/mol. The van der Waals surface area contributed by atoms with E-state index in [1.54, 1.807) is 12.4 Å². The SMILES string of the molecule is c1cc(-c2cccc(-c3nc(-c4ccncc4)c4ccccc4n3)c2)cc(-c2ccc3c4ccccc4c4ccccc4c3c2)c1. The molecule has 3 heteroatoms. The normalized spacial score (nSPS) is 11.5. The monoisotopic (exact) mass is 585 g/mol. The topological polar surface area (TPSA) is 38.7 Å². The molecule has 0 radical (unpaired) electrons. The maximum atomic E-state index is 5.08. The standard InChI is InChI=1S/C43H27N3/c1-2-15-36-34(13-1)35-14-3-4-16-37(35)40-27-32(19-20-38(36)40)30-10-7-9-29(25-30)31-11-8-12-33(26-31)43-45-41-18-6-5-17-39(41)42(46-43)28-21-23-44-24-22-28/h1-27H. The van der Waals surface area contributed by atoms with Gasteiger partial charge in [0.25, 0.3) is 0 Å². The molecule has 0 aliphatic rings. The van der Waals surface area contributed by atoms with Crippen molar-refractivity contribution >= 4 is 43.2 Å². The molecule has 0 saturated heterocycles. The van der Waals surface area contributed by atoms with E-state index < -0.39 is 0 Å². The van der Waals surface area contributed by atoms with Gasteiger partial charge < -0.3 is 0 Å². The number of hydrogen-bond acceptors (Lipinski definition) is 3. The first kappa shape index (κ1) is 26.2. The quantitative estimate of drug-likeness (QED) is 0.193. The van der Waals surface area contributed by atoms with Crippen molar-refractivity contribution in [2.75, 3.05) is 0 Å². The van der Waals surface area contributed by atoms with Gasteiger partial charge in [-0.05, 0) is 91.0 Å². The molecular weight excluding hydrogens is 558 g/mol. The lowest BCUT2D eigenvalue weighted by molar-refractivity contribution is 1.22. The molecule has 0 saturated carbocycles. The Hall–Kier alpha value is -6.19. The van der Waals surface area contributed by atoms with Crippen LogP contribution >= 0.6 is 0 Å². The number of aromatic nitrogens is 3. The minimum Gasteiger partial charge on any atom is -0.265 e. The maximum Gasteiger partial charge on any atom is 0.160 e. The Morgan fingerprint density at radius 2 is 0.804 bits per heavy atom. The molecule has 0 atom stereocenters. The van der Waals surface area contributed by atoms with Crippen LogP contribution in [0.25, 0.3) is 88.1 Å². The van der Waals surface area contributed by atoms with Crippen LogP contribution in [0.4, 0.5) is 0 Å². The molecule has 0 amide bonds. The zero-order valence-electron chi connectivity index (χ0n) is 24.9. The minimum atomic E-state index is 0.706. The van der Waals surface area contributed by atoms with Gasteiger partial charge in [-0.1, -0.05) is 115 Å². The van der Waals surface area contributed by atoms with E-state index >= 15 is 0 Å². The van der Waals surface area contributed by atoms with Crippen LogP contribution in [-0.2, 0) is 0 Å². The third kappa shape index (κ3) is 4.41. The number of fused-ring (bicyclic) bond motifs is 7. The molecule has 2 heterocycles. The van der Waals surface area contributed by atoms with Gasteiger partial charge in [0, 0.05) is 28.9 Å². The van der Waals surface area contributed by atoms with E-state index in [0.29, 0.717) is 5.82 Å². The molecule has 0 spiro atoms. The lowest BCUT2D eigenvalue weighted by Crippen LogP contribution is -1.95. The molecule has 7 aromatic carbocycles. The number of pyridine rings is 1. The van der Waals surface area contributed by atoms with Gasteiger partial charge in [0.2, 0.25) is 0 Å². The highest BCUT2D eigenvalue weighted by atomic mass is 14.9. The highest BCUT2D eigenvalue weighted by Crippen LogP contribution is 2.38. The van der Waals surface area contributed by atoms with Crippen molar-refractivity contribution in [2.45, 2.75) is 0 Å². The van der Waals surface area contributed by atoms with Crippen LogP contribution in [0.15, 0.2) is 164 Å². The molecular formula is C43H27N3. The summed E-state index contributed by atoms with van der Waals surface area (Å²) in [7, 11) is 0. The molecule has 214 valence electrons. The fraction of sp³-hybridized carbons (Fsp3) is 0.